The maximum atomic E-state index is 12.4. The van der Waals surface area contributed by atoms with Gasteiger partial charge in [0.2, 0.25) is 0 Å². The molecule has 1 saturated heterocycles. The molecule has 0 radical (unpaired) electrons. The van der Waals surface area contributed by atoms with E-state index in [2.05, 4.69) is 29.2 Å². The lowest BCUT2D eigenvalue weighted by molar-refractivity contribution is -0.135. The zero-order chi connectivity index (χ0) is 19.5. The molecule has 0 unspecified atom stereocenters. The summed E-state index contributed by atoms with van der Waals surface area (Å²) in [6.45, 7) is 1.10. The van der Waals surface area contributed by atoms with Gasteiger partial charge in [-0.3, -0.25) is 9.20 Å². The fourth-order valence-electron chi connectivity index (χ4n) is 3.56. The van der Waals surface area contributed by atoms with Gasteiger partial charge in [0.15, 0.2) is 22.4 Å². The molecule has 6 nitrogen and oxygen atoms in total. The molecule has 3 heterocycles. The van der Waals surface area contributed by atoms with Gasteiger partial charge in [0.05, 0.1) is 0 Å². The fraction of sp³-hybridized carbons (Fsp3) is 0.350. The Labute approximate surface area is 171 Å². The smallest absolute Gasteiger partial charge is 0.359 e. The van der Waals surface area contributed by atoms with Gasteiger partial charge in [0, 0.05) is 24.7 Å². The third-order valence-electron chi connectivity index (χ3n) is 5.07. The predicted octanol–water partition coefficient (Wildman–Crippen LogP) is 3.69. The molecule has 1 aliphatic rings. The van der Waals surface area contributed by atoms with Crippen LogP contribution in [-0.2, 0) is 16.0 Å². The molecule has 0 saturated carbocycles. The molecule has 0 bridgehead atoms. The number of imidazole rings is 1. The lowest BCUT2D eigenvalue weighted by Gasteiger charge is -2.32. The number of likely N-dealkylation sites (tertiary alicyclic amines) is 1. The Hall–Kier alpha value is -2.38. The van der Waals surface area contributed by atoms with E-state index in [-0.39, 0.29) is 23.4 Å². The molecule has 28 heavy (non-hydrogen) atoms. The second-order valence-electron chi connectivity index (χ2n) is 6.90. The standard InChI is InChI=1S/C20H20ClN3O3S/c21-18-17(24-10-11-28-20(24)22-18)19(26)27-13-16(25)23-8-6-15(7-9-23)12-14-4-2-1-3-5-14/h1-5,10-11,15H,6-9,12-13H2. The molecule has 0 aliphatic carbocycles. The minimum Gasteiger partial charge on any atom is -0.451 e. The normalized spacial score (nSPS) is 15.1. The van der Waals surface area contributed by atoms with Crippen LogP contribution in [0.3, 0.4) is 0 Å². The van der Waals surface area contributed by atoms with Gasteiger partial charge in [0.1, 0.15) is 0 Å². The number of hydrogen-bond donors (Lipinski definition) is 0. The van der Waals surface area contributed by atoms with Crippen LogP contribution in [0, 0.1) is 5.92 Å². The first-order valence-corrected chi connectivity index (χ1v) is 10.5. The van der Waals surface area contributed by atoms with Crippen molar-refractivity contribution in [3.8, 4) is 0 Å². The summed E-state index contributed by atoms with van der Waals surface area (Å²) in [5, 5.41) is 1.89. The van der Waals surface area contributed by atoms with E-state index < -0.39 is 5.97 Å². The average molecular weight is 418 g/mol. The van der Waals surface area contributed by atoms with E-state index in [9.17, 15) is 9.59 Å². The Bertz CT molecular complexity index is 977. The van der Waals surface area contributed by atoms with Crippen LogP contribution in [-0.4, -0.2) is 45.9 Å². The zero-order valence-electron chi connectivity index (χ0n) is 15.2. The highest BCUT2D eigenvalue weighted by Gasteiger charge is 2.25. The number of halogens is 1. The summed E-state index contributed by atoms with van der Waals surface area (Å²) in [5.74, 6) is -0.233. The van der Waals surface area contributed by atoms with E-state index in [1.165, 1.54) is 16.9 Å². The number of piperidine rings is 1. The van der Waals surface area contributed by atoms with Crippen molar-refractivity contribution in [2.75, 3.05) is 19.7 Å². The molecular weight excluding hydrogens is 398 g/mol. The molecule has 0 spiro atoms. The predicted molar refractivity (Wildman–Crippen MR) is 108 cm³/mol. The van der Waals surface area contributed by atoms with Crippen molar-refractivity contribution >= 4 is 39.8 Å². The Balaban J connectivity index is 1.27. The third-order valence-corrected chi connectivity index (χ3v) is 6.09. The Morgan fingerprint density at radius 1 is 1.21 bits per heavy atom. The number of benzene rings is 1. The van der Waals surface area contributed by atoms with Crippen molar-refractivity contribution in [2.45, 2.75) is 19.3 Å². The number of rotatable bonds is 5. The number of thiazole rings is 1. The Kier molecular flexibility index (Phi) is 5.64. The second kappa shape index (κ2) is 8.32. The highest BCUT2D eigenvalue weighted by Crippen LogP contribution is 2.23. The van der Waals surface area contributed by atoms with Crippen LogP contribution in [0.25, 0.3) is 4.96 Å². The summed E-state index contributed by atoms with van der Waals surface area (Å²) < 4.78 is 6.79. The summed E-state index contributed by atoms with van der Waals surface area (Å²) in [6, 6.07) is 10.4. The Morgan fingerprint density at radius 3 is 2.71 bits per heavy atom. The lowest BCUT2D eigenvalue weighted by Crippen LogP contribution is -2.41. The number of carbonyl (C=O) groups excluding carboxylic acids is 2. The van der Waals surface area contributed by atoms with Crippen LogP contribution >= 0.6 is 22.9 Å². The van der Waals surface area contributed by atoms with E-state index in [0.29, 0.717) is 24.0 Å². The molecule has 2 aromatic heterocycles. The van der Waals surface area contributed by atoms with E-state index in [0.717, 1.165) is 19.3 Å². The summed E-state index contributed by atoms with van der Waals surface area (Å²) >= 11 is 7.40. The van der Waals surface area contributed by atoms with Gasteiger partial charge in [-0.2, -0.15) is 0 Å². The van der Waals surface area contributed by atoms with Crippen molar-refractivity contribution in [1.82, 2.24) is 14.3 Å². The largest absolute Gasteiger partial charge is 0.451 e. The minimum absolute atomic E-state index is 0.0889. The summed E-state index contributed by atoms with van der Waals surface area (Å²) in [7, 11) is 0. The van der Waals surface area contributed by atoms with Crippen LogP contribution in [0.5, 0.6) is 0 Å². The summed E-state index contributed by atoms with van der Waals surface area (Å²) in [4.78, 5) is 31.3. The number of hydrogen-bond acceptors (Lipinski definition) is 5. The molecule has 8 heteroatoms. The monoisotopic (exact) mass is 417 g/mol. The van der Waals surface area contributed by atoms with Crippen molar-refractivity contribution < 1.29 is 14.3 Å². The van der Waals surface area contributed by atoms with Crippen LogP contribution in [0.1, 0.15) is 28.9 Å². The molecule has 0 atom stereocenters. The first kappa shape index (κ1) is 19.0. The molecule has 0 N–H and O–H groups in total. The highest BCUT2D eigenvalue weighted by molar-refractivity contribution is 7.15. The summed E-state index contributed by atoms with van der Waals surface area (Å²) in [6.07, 6.45) is 4.65. The van der Waals surface area contributed by atoms with E-state index in [1.54, 1.807) is 20.9 Å². The molecule has 3 aromatic rings. The van der Waals surface area contributed by atoms with Gasteiger partial charge >= 0.3 is 5.97 Å². The van der Waals surface area contributed by atoms with Crippen molar-refractivity contribution in [2.24, 2.45) is 5.92 Å². The number of aromatic nitrogens is 2. The zero-order valence-corrected chi connectivity index (χ0v) is 16.8. The van der Waals surface area contributed by atoms with Gasteiger partial charge in [-0.1, -0.05) is 41.9 Å². The topological polar surface area (TPSA) is 63.9 Å². The van der Waals surface area contributed by atoms with Gasteiger partial charge in [-0.05, 0) is 30.7 Å². The molecule has 1 aliphatic heterocycles. The molecule has 1 amide bonds. The van der Waals surface area contributed by atoms with Crippen molar-refractivity contribution in [3.63, 3.8) is 0 Å². The van der Waals surface area contributed by atoms with Crippen LogP contribution < -0.4 is 0 Å². The third kappa shape index (κ3) is 4.05. The average Bonchev–Trinajstić information content (AvgIpc) is 3.27. The van der Waals surface area contributed by atoms with Crippen LogP contribution in [0.15, 0.2) is 41.9 Å². The first-order chi connectivity index (χ1) is 13.6. The minimum atomic E-state index is -0.636. The van der Waals surface area contributed by atoms with Gasteiger partial charge in [-0.15, -0.1) is 11.3 Å². The molecule has 1 aromatic carbocycles. The fourth-order valence-corrected chi connectivity index (χ4v) is 4.58. The molecule has 1 fully saturated rings. The van der Waals surface area contributed by atoms with Crippen LogP contribution in [0.2, 0.25) is 5.15 Å². The maximum Gasteiger partial charge on any atom is 0.359 e. The van der Waals surface area contributed by atoms with E-state index >= 15 is 0 Å². The number of amides is 1. The van der Waals surface area contributed by atoms with E-state index in [4.69, 9.17) is 16.3 Å². The Morgan fingerprint density at radius 2 is 1.96 bits per heavy atom. The first-order valence-electron chi connectivity index (χ1n) is 9.21. The molecule has 4 rings (SSSR count). The quantitative estimate of drug-likeness (QED) is 0.594. The number of esters is 1. The number of ether oxygens (including phenoxy) is 1. The van der Waals surface area contributed by atoms with Crippen molar-refractivity contribution in [1.29, 1.82) is 0 Å². The van der Waals surface area contributed by atoms with E-state index in [1.807, 2.05) is 6.07 Å². The lowest BCUT2D eigenvalue weighted by atomic mass is 9.90. The van der Waals surface area contributed by atoms with Gasteiger partial charge in [-0.25, -0.2) is 9.78 Å². The number of nitrogens with zero attached hydrogens (tertiary/aromatic N) is 3. The molecule has 146 valence electrons. The van der Waals surface area contributed by atoms with Crippen LogP contribution in [0.4, 0.5) is 0 Å². The number of carbonyl (C=O) groups is 2. The number of fused-ring (bicyclic) bond motifs is 1. The molecular formula is C20H20ClN3O3S. The van der Waals surface area contributed by atoms with Gasteiger partial charge in [0.25, 0.3) is 5.91 Å². The van der Waals surface area contributed by atoms with Gasteiger partial charge < -0.3 is 9.64 Å². The van der Waals surface area contributed by atoms with Crippen molar-refractivity contribution in [3.05, 3.63) is 58.3 Å². The SMILES string of the molecule is O=C(OCC(=O)N1CCC(Cc2ccccc2)CC1)c1c(Cl)nc2sccn12. The maximum absolute atomic E-state index is 12.4. The second-order valence-corrected chi connectivity index (χ2v) is 8.13. The summed E-state index contributed by atoms with van der Waals surface area (Å²) in [5.41, 5.74) is 1.49. The highest BCUT2D eigenvalue weighted by atomic mass is 35.5.